The Balaban J connectivity index is 1.65. The Morgan fingerprint density at radius 2 is 1.90 bits per heavy atom. The van der Waals surface area contributed by atoms with Gasteiger partial charge in [-0.25, -0.2) is 14.4 Å². The van der Waals surface area contributed by atoms with Crippen molar-refractivity contribution in [3.63, 3.8) is 0 Å². The van der Waals surface area contributed by atoms with E-state index in [-0.39, 0.29) is 30.1 Å². The molecule has 2 aliphatic heterocycles. The summed E-state index contributed by atoms with van der Waals surface area (Å²) in [7, 11) is 0. The SMILES string of the molecule is CC(=O)N1CCC(c2nc(C)c3c(n2)N(Cc2ccccc2F)C(=O)CC3)CC1. The van der Waals surface area contributed by atoms with Crippen molar-refractivity contribution in [2.24, 2.45) is 0 Å². The molecule has 2 amide bonds. The Morgan fingerprint density at radius 1 is 1.17 bits per heavy atom. The number of halogens is 1. The fourth-order valence-electron chi connectivity index (χ4n) is 4.20. The molecule has 0 atom stereocenters. The number of benzene rings is 1. The molecule has 1 aromatic heterocycles. The van der Waals surface area contributed by atoms with E-state index in [1.165, 1.54) is 6.07 Å². The number of piperidine rings is 1. The van der Waals surface area contributed by atoms with Crippen molar-refractivity contribution in [2.75, 3.05) is 18.0 Å². The lowest BCUT2D eigenvalue weighted by molar-refractivity contribution is -0.129. The molecule has 0 unspecified atom stereocenters. The van der Waals surface area contributed by atoms with Crippen molar-refractivity contribution >= 4 is 17.6 Å². The second kappa shape index (κ2) is 7.89. The van der Waals surface area contributed by atoms with Crippen LogP contribution in [0.25, 0.3) is 0 Å². The molecule has 0 N–H and O–H groups in total. The third-order valence-electron chi connectivity index (χ3n) is 5.95. The van der Waals surface area contributed by atoms with Gasteiger partial charge in [0.15, 0.2) is 0 Å². The fourth-order valence-corrected chi connectivity index (χ4v) is 4.20. The zero-order valence-electron chi connectivity index (χ0n) is 16.8. The smallest absolute Gasteiger partial charge is 0.228 e. The molecule has 2 aliphatic rings. The van der Waals surface area contributed by atoms with E-state index in [0.29, 0.717) is 37.3 Å². The van der Waals surface area contributed by atoms with Crippen LogP contribution in [0.15, 0.2) is 24.3 Å². The summed E-state index contributed by atoms with van der Waals surface area (Å²) in [6.07, 6.45) is 2.59. The molecule has 1 saturated heterocycles. The molecule has 1 fully saturated rings. The standard InChI is InChI=1S/C22H25FN4O2/c1-14-18-7-8-20(29)27(13-17-5-3-4-6-19(17)23)22(18)25-21(24-14)16-9-11-26(12-10-16)15(2)28/h3-6,16H,7-13H2,1-2H3. The molecular weight excluding hydrogens is 371 g/mol. The highest BCUT2D eigenvalue weighted by molar-refractivity contribution is 5.95. The van der Waals surface area contributed by atoms with E-state index in [1.807, 2.05) is 11.8 Å². The first-order valence-corrected chi connectivity index (χ1v) is 10.1. The number of hydrogen-bond acceptors (Lipinski definition) is 4. The summed E-state index contributed by atoms with van der Waals surface area (Å²) in [5, 5.41) is 0. The molecule has 0 aliphatic carbocycles. The Bertz CT molecular complexity index is 954. The van der Waals surface area contributed by atoms with Gasteiger partial charge in [0.05, 0.1) is 6.54 Å². The minimum atomic E-state index is -0.324. The second-order valence-electron chi connectivity index (χ2n) is 7.82. The Labute approximate surface area is 169 Å². The fraction of sp³-hybridized carbons (Fsp3) is 0.455. The zero-order valence-corrected chi connectivity index (χ0v) is 16.8. The van der Waals surface area contributed by atoms with Crippen LogP contribution in [0.1, 0.15) is 54.7 Å². The molecule has 29 heavy (non-hydrogen) atoms. The first-order chi connectivity index (χ1) is 13.9. The van der Waals surface area contributed by atoms with E-state index in [2.05, 4.69) is 0 Å². The highest BCUT2D eigenvalue weighted by Gasteiger charge is 2.31. The number of aryl methyl sites for hydroxylation is 1. The van der Waals surface area contributed by atoms with E-state index in [0.717, 1.165) is 29.9 Å². The number of anilines is 1. The van der Waals surface area contributed by atoms with Gasteiger partial charge in [-0.05, 0) is 32.3 Å². The summed E-state index contributed by atoms with van der Waals surface area (Å²) in [5.74, 6) is 1.21. The summed E-state index contributed by atoms with van der Waals surface area (Å²) < 4.78 is 14.2. The quantitative estimate of drug-likeness (QED) is 0.800. The molecule has 0 spiro atoms. The maximum atomic E-state index is 14.2. The van der Waals surface area contributed by atoms with Gasteiger partial charge in [0.2, 0.25) is 11.8 Å². The number of nitrogens with zero attached hydrogens (tertiary/aromatic N) is 4. The number of likely N-dealkylation sites (tertiary alicyclic amines) is 1. The normalized spacial score (nSPS) is 17.4. The predicted molar refractivity (Wildman–Crippen MR) is 107 cm³/mol. The molecule has 4 rings (SSSR count). The van der Waals surface area contributed by atoms with E-state index in [9.17, 15) is 14.0 Å². The number of carbonyl (C=O) groups excluding carboxylic acids is 2. The van der Waals surface area contributed by atoms with Gasteiger partial charge < -0.3 is 4.90 Å². The van der Waals surface area contributed by atoms with Crippen LogP contribution in [0.2, 0.25) is 0 Å². The minimum Gasteiger partial charge on any atom is -0.343 e. The third kappa shape index (κ3) is 3.86. The average molecular weight is 396 g/mol. The lowest BCUT2D eigenvalue weighted by Gasteiger charge is -2.33. The van der Waals surface area contributed by atoms with E-state index in [4.69, 9.17) is 9.97 Å². The molecule has 0 saturated carbocycles. The van der Waals surface area contributed by atoms with Crippen molar-refractivity contribution in [2.45, 2.75) is 52.0 Å². The largest absolute Gasteiger partial charge is 0.343 e. The zero-order chi connectivity index (χ0) is 20.5. The number of fused-ring (bicyclic) bond motifs is 1. The van der Waals surface area contributed by atoms with Crippen LogP contribution in [-0.4, -0.2) is 39.8 Å². The van der Waals surface area contributed by atoms with Crippen molar-refractivity contribution in [3.05, 3.63) is 52.7 Å². The number of aromatic nitrogens is 2. The predicted octanol–water partition coefficient (Wildman–Crippen LogP) is 3.13. The Morgan fingerprint density at radius 3 is 2.59 bits per heavy atom. The van der Waals surface area contributed by atoms with Gasteiger partial charge in [-0.15, -0.1) is 0 Å². The molecule has 0 radical (unpaired) electrons. The first kappa shape index (κ1) is 19.5. The molecule has 6 nitrogen and oxygen atoms in total. The van der Waals surface area contributed by atoms with Crippen LogP contribution in [0.4, 0.5) is 10.2 Å². The summed E-state index contributed by atoms with van der Waals surface area (Å²) in [4.78, 5) is 37.2. The summed E-state index contributed by atoms with van der Waals surface area (Å²) in [6.45, 7) is 5.09. The van der Waals surface area contributed by atoms with Crippen molar-refractivity contribution in [1.29, 1.82) is 0 Å². The highest BCUT2D eigenvalue weighted by atomic mass is 19.1. The molecule has 1 aromatic carbocycles. The molecule has 2 aromatic rings. The van der Waals surface area contributed by atoms with Crippen LogP contribution in [-0.2, 0) is 22.6 Å². The monoisotopic (exact) mass is 396 g/mol. The van der Waals surface area contributed by atoms with Crippen LogP contribution in [0.3, 0.4) is 0 Å². The van der Waals surface area contributed by atoms with Crippen LogP contribution < -0.4 is 4.90 Å². The van der Waals surface area contributed by atoms with E-state index < -0.39 is 0 Å². The van der Waals surface area contributed by atoms with Crippen LogP contribution in [0, 0.1) is 12.7 Å². The molecule has 3 heterocycles. The second-order valence-corrected chi connectivity index (χ2v) is 7.82. The number of amides is 2. The van der Waals surface area contributed by atoms with Crippen LogP contribution in [0.5, 0.6) is 0 Å². The Hall–Kier alpha value is -2.83. The van der Waals surface area contributed by atoms with E-state index in [1.54, 1.807) is 30.0 Å². The summed E-state index contributed by atoms with van der Waals surface area (Å²) >= 11 is 0. The van der Waals surface area contributed by atoms with Crippen molar-refractivity contribution in [3.8, 4) is 0 Å². The number of hydrogen-bond donors (Lipinski definition) is 0. The lowest BCUT2D eigenvalue weighted by atomic mass is 9.95. The van der Waals surface area contributed by atoms with Crippen molar-refractivity contribution in [1.82, 2.24) is 14.9 Å². The molecular formula is C22H25FN4O2. The van der Waals surface area contributed by atoms with E-state index >= 15 is 0 Å². The van der Waals surface area contributed by atoms with Gasteiger partial charge in [-0.3, -0.25) is 14.5 Å². The third-order valence-corrected chi connectivity index (χ3v) is 5.95. The average Bonchev–Trinajstić information content (AvgIpc) is 2.71. The number of carbonyl (C=O) groups is 2. The first-order valence-electron chi connectivity index (χ1n) is 10.1. The van der Waals surface area contributed by atoms with Gasteiger partial charge in [-0.1, -0.05) is 18.2 Å². The van der Waals surface area contributed by atoms with Gasteiger partial charge >= 0.3 is 0 Å². The number of rotatable bonds is 3. The van der Waals surface area contributed by atoms with Gasteiger partial charge in [0, 0.05) is 49.2 Å². The molecule has 152 valence electrons. The minimum absolute atomic E-state index is 0.0452. The molecule has 0 bridgehead atoms. The highest BCUT2D eigenvalue weighted by Crippen LogP contribution is 2.33. The van der Waals surface area contributed by atoms with Crippen LogP contribution >= 0.6 is 0 Å². The lowest BCUT2D eigenvalue weighted by Crippen LogP contribution is -2.38. The van der Waals surface area contributed by atoms with Gasteiger partial charge in [0.1, 0.15) is 17.5 Å². The van der Waals surface area contributed by atoms with Gasteiger partial charge in [0.25, 0.3) is 0 Å². The molecule has 7 heteroatoms. The summed E-state index contributed by atoms with van der Waals surface area (Å²) in [6, 6.07) is 6.52. The van der Waals surface area contributed by atoms with Crippen molar-refractivity contribution < 1.29 is 14.0 Å². The summed E-state index contributed by atoms with van der Waals surface area (Å²) in [5.41, 5.74) is 2.32. The Kier molecular flexibility index (Phi) is 5.30. The maximum Gasteiger partial charge on any atom is 0.228 e. The topological polar surface area (TPSA) is 66.4 Å². The van der Waals surface area contributed by atoms with Gasteiger partial charge in [-0.2, -0.15) is 0 Å². The maximum absolute atomic E-state index is 14.2.